The van der Waals surface area contributed by atoms with Crippen molar-refractivity contribution in [2.24, 2.45) is 5.73 Å². The smallest absolute Gasteiger partial charge is 0.240 e. The van der Waals surface area contributed by atoms with Gasteiger partial charge in [-0.05, 0) is 25.0 Å². The van der Waals surface area contributed by atoms with Gasteiger partial charge >= 0.3 is 0 Å². The summed E-state index contributed by atoms with van der Waals surface area (Å²) in [6, 6.07) is 2.03. The Morgan fingerprint density at radius 1 is 1.61 bits per heavy atom. The number of hydrogen-bond donors (Lipinski definition) is 2. The molecule has 1 amide bonds. The van der Waals surface area contributed by atoms with E-state index in [0.29, 0.717) is 13.2 Å². The van der Waals surface area contributed by atoms with Crippen molar-refractivity contribution in [1.82, 2.24) is 9.88 Å². The molecule has 1 aromatic heterocycles. The summed E-state index contributed by atoms with van der Waals surface area (Å²) in [5.74, 6) is -0.0215. The van der Waals surface area contributed by atoms with Gasteiger partial charge in [-0.1, -0.05) is 6.92 Å². The Bertz CT molecular complexity index is 376. The van der Waals surface area contributed by atoms with Crippen molar-refractivity contribution < 1.29 is 9.53 Å². The highest BCUT2D eigenvalue weighted by atomic mass is 16.5. The highest BCUT2D eigenvalue weighted by molar-refractivity contribution is 5.76. The lowest BCUT2D eigenvalue weighted by Crippen LogP contribution is -2.37. The fraction of sp³-hybridized carbons (Fsp3) is 0.615. The van der Waals surface area contributed by atoms with Crippen molar-refractivity contribution in [2.75, 3.05) is 13.7 Å². The fourth-order valence-electron chi connectivity index (χ4n) is 1.79. The van der Waals surface area contributed by atoms with Crippen molar-refractivity contribution in [3.05, 3.63) is 24.0 Å². The van der Waals surface area contributed by atoms with Gasteiger partial charge < -0.3 is 20.4 Å². The predicted molar refractivity (Wildman–Crippen MR) is 71.1 cm³/mol. The van der Waals surface area contributed by atoms with Crippen LogP contribution >= 0.6 is 0 Å². The van der Waals surface area contributed by atoms with Crippen LogP contribution in [-0.2, 0) is 16.1 Å². The maximum atomic E-state index is 11.7. The summed E-state index contributed by atoms with van der Waals surface area (Å²) in [6.07, 6.45) is 4.70. The average Bonchev–Trinajstić information content (AvgIpc) is 2.76. The van der Waals surface area contributed by atoms with Crippen LogP contribution in [-0.4, -0.2) is 30.2 Å². The average molecular weight is 253 g/mol. The molecule has 5 heteroatoms. The lowest BCUT2D eigenvalue weighted by atomic mass is 10.1. The molecule has 0 aromatic carbocycles. The molecule has 0 spiro atoms. The third-order valence-electron chi connectivity index (χ3n) is 2.79. The Balaban J connectivity index is 2.47. The van der Waals surface area contributed by atoms with Crippen molar-refractivity contribution in [3.8, 4) is 0 Å². The number of nitrogens with zero attached hydrogens (tertiary/aromatic N) is 1. The molecular weight excluding hydrogens is 230 g/mol. The maximum absolute atomic E-state index is 11.7. The van der Waals surface area contributed by atoms with E-state index in [1.165, 1.54) is 0 Å². The molecule has 0 saturated heterocycles. The first-order valence-corrected chi connectivity index (χ1v) is 6.26. The normalized spacial score (nSPS) is 14.2. The van der Waals surface area contributed by atoms with E-state index in [0.717, 1.165) is 12.0 Å². The summed E-state index contributed by atoms with van der Waals surface area (Å²) in [6.45, 7) is 4.78. The quantitative estimate of drug-likeness (QED) is 0.763. The van der Waals surface area contributed by atoms with Crippen LogP contribution in [0, 0.1) is 0 Å². The van der Waals surface area contributed by atoms with E-state index < -0.39 is 0 Å². The summed E-state index contributed by atoms with van der Waals surface area (Å²) < 4.78 is 6.81. The summed E-state index contributed by atoms with van der Waals surface area (Å²) in [5, 5.41) is 2.87. The van der Waals surface area contributed by atoms with Crippen molar-refractivity contribution >= 4 is 5.91 Å². The minimum atomic E-state index is -0.0215. The Kier molecular flexibility index (Phi) is 5.88. The molecule has 0 aliphatic rings. The van der Waals surface area contributed by atoms with Crippen LogP contribution in [0.3, 0.4) is 0 Å². The number of hydrogen-bond acceptors (Lipinski definition) is 3. The fourth-order valence-corrected chi connectivity index (χ4v) is 1.79. The van der Waals surface area contributed by atoms with Gasteiger partial charge in [0.2, 0.25) is 5.91 Å². The third-order valence-corrected chi connectivity index (χ3v) is 2.79. The van der Waals surface area contributed by atoms with E-state index in [1.54, 1.807) is 7.11 Å². The second-order valence-corrected chi connectivity index (χ2v) is 4.56. The van der Waals surface area contributed by atoms with Gasteiger partial charge in [0.15, 0.2) is 0 Å². The number of carbonyl (C=O) groups excluding carboxylic acids is 1. The minimum absolute atomic E-state index is 0.0215. The largest absolute Gasteiger partial charge is 0.383 e. The first-order chi connectivity index (χ1) is 8.56. The highest BCUT2D eigenvalue weighted by Gasteiger charge is 2.09. The number of ether oxygens (including phenoxy) is 1. The van der Waals surface area contributed by atoms with E-state index in [2.05, 4.69) is 5.32 Å². The van der Waals surface area contributed by atoms with Crippen LogP contribution < -0.4 is 11.1 Å². The topological polar surface area (TPSA) is 69.3 Å². The van der Waals surface area contributed by atoms with E-state index in [-0.39, 0.29) is 18.0 Å². The molecule has 1 heterocycles. The second kappa shape index (κ2) is 7.18. The number of nitrogens with one attached hydrogen (secondary N) is 1. The summed E-state index contributed by atoms with van der Waals surface area (Å²) >= 11 is 0. The molecule has 1 rings (SSSR count). The number of methoxy groups -OCH3 is 1. The lowest BCUT2D eigenvalue weighted by Gasteiger charge is -2.13. The molecular formula is C13H23N3O2. The molecule has 1 aromatic rings. The first-order valence-electron chi connectivity index (χ1n) is 6.26. The Hall–Kier alpha value is -1.33. The van der Waals surface area contributed by atoms with E-state index >= 15 is 0 Å². The van der Waals surface area contributed by atoms with Crippen molar-refractivity contribution in [1.29, 1.82) is 0 Å². The molecule has 0 aliphatic carbocycles. The molecule has 2 unspecified atom stereocenters. The van der Waals surface area contributed by atoms with Crippen LogP contribution in [0.4, 0.5) is 0 Å². The molecule has 18 heavy (non-hydrogen) atoms. The Morgan fingerprint density at radius 3 is 2.94 bits per heavy atom. The third kappa shape index (κ3) is 4.50. The van der Waals surface area contributed by atoms with Crippen LogP contribution in [0.25, 0.3) is 0 Å². The minimum Gasteiger partial charge on any atom is -0.383 e. The van der Waals surface area contributed by atoms with Gasteiger partial charge in [-0.15, -0.1) is 0 Å². The number of rotatable bonds is 7. The van der Waals surface area contributed by atoms with Crippen molar-refractivity contribution in [2.45, 2.75) is 38.9 Å². The monoisotopic (exact) mass is 253 g/mol. The Labute approximate surface area is 108 Å². The molecule has 0 aliphatic heterocycles. The summed E-state index contributed by atoms with van der Waals surface area (Å²) in [7, 11) is 1.62. The van der Waals surface area contributed by atoms with E-state index in [9.17, 15) is 4.79 Å². The lowest BCUT2D eigenvalue weighted by molar-refractivity contribution is -0.122. The SMILES string of the molecule is CCC(N)c1ccn(CC(=O)NC(C)COC)c1. The standard InChI is InChI=1S/C13H23N3O2/c1-4-12(14)11-5-6-16(7-11)8-13(17)15-10(2)9-18-3/h5-7,10,12H,4,8-9,14H2,1-3H3,(H,15,17). The van der Waals surface area contributed by atoms with Crippen molar-refractivity contribution in [3.63, 3.8) is 0 Å². The molecule has 2 atom stereocenters. The first kappa shape index (κ1) is 14.7. The van der Waals surface area contributed by atoms with E-state index in [1.807, 2.05) is 36.9 Å². The second-order valence-electron chi connectivity index (χ2n) is 4.56. The van der Waals surface area contributed by atoms with Crippen LogP contribution in [0.1, 0.15) is 31.9 Å². The molecule has 0 bridgehead atoms. The van der Waals surface area contributed by atoms with Gasteiger partial charge in [-0.3, -0.25) is 4.79 Å². The molecule has 0 radical (unpaired) electrons. The molecule has 5 nitrogen and oxygen atoms in total. The zero-order valence-corrected chi connectivity index (χ0v) is 11.3. The molecule has 0 fully saturated rings. The molecule has 0 saturated carbocycles. The summed E-state index contributed by atoms with van der Waals surface area (Å²) in [5.41, 5.74) is 6.99. The number of nitrogens with two attached hydrogens (primary N) is 1. The zero-order valence-electron chi connectivity index (χ0n) is 11.3. The van der Waals surface area contributed by atoms with Crippen LogP contribution in [0.2, 0.25) is 0 Å². The van der Waals surface area contributed by atoms with E-state index in [4.69, 9.17) is 10.5 Å². The van der Waals surface area contributed by atoms with Gasteiger partial charge in [-0.25, -0.2) is 0 Å². The van der Waals surface area contributed by atoms with Crippen LogP contribution in [0.15, 0.2) is 18.5 Å². The van der Waals surface area contributed by atoms with Gasteiger partial charge in [0.1, 0.15) is 6.54 Å². The van der Waals surface area contributed by atoms with Gasteiger partial charge in [-0.2, -0.15) is 0 Å². The maximum Gasteiger partial charge on any atom is 0.240 e. The number of carbonyl (C=O) groups is 1. The Morgan fingerprint density at radius 2 is 2.33 bits per heavy atom. The highest BCUT2D eigenvalue weighted by Crippen LogP contribution is 2.13. The molecule has 3 N–H and O–H groups in total. The zero-order chi connectivity index (χ0) is 13.5. The van der Waals surface area contributed by atoms with Crippen LogP contribution in [0.5, 0.6) is 0 Å². The number of aromatic nitrogens is 1. The van der Waals surface area contributed by atoms with Gasteiger partial charge in [0, 0.05) is 31.6 Å². The summed E-state index contributed by atoms with van der Waals surface area (Å²) in [4.78, 5) is 11.7. The molecule has 102 valence electrons. The van der Waals surface area contributed by atoms with Gasteiger partial charge in [0.25, 0.3) is 0 Å². The predicted octanol–water partition coefficient (Wildman–Crippen LogP) is 1.05. The van der Waals surface area contributed by atoms with Gasteiger partial charge in [0.05, 0.1) is 6.61 Å². The number of amides is 1.